The normalized spacial score (nSPS) is 10.2. The van der Waals surface area contributed by atoms with E-state index in [-0.39, 0.29) is 18.1 Å². The van der Waals surface area contributed by atoms with Crippen LogP contribution in [0.5, 0.6) is 0 Å². The number of anilines is 2. The Hall–Kier alpha value is -2.47. The second kappa shape index (κ2) is 6.32. The molecule has 0 saturated heterocycles. The Morgan fingerprint density at radius 1 is 1.38 bits per heavy atom. The lowest BCUT2D eigenvalue weighted by atomic mass is 10.3. The summed E-state index contributed by atoms with van der Waals surface area (Å²) in [5.41, 5.74) is 6.82. The van der Waals surface area contributed by atoms with Crippen LogP contribution < -0.4 is 11.1 Å². The highest BCUT2D eigenvalue weighted by Gasteiger charge is 2.15. The minimum atomic E-state index is -0.553. The number of hydrogen-bond acceptors (Lipinski definition) is 4. The summed E-state index contributed by atoms with van der Waals surface area (Å²) >= 11 is 5.84. The molecule has 0 fully saturated rings. The average molecular weight is 308 g/mol. The average Bonchev–Trinajstić information content (AvgIpc) is 2.78. The molecule has 1 heterocycles. The number of aromatic nitrogens is 1. The highest BCUT2D eigenvalue weighted by molar-refractivity contribution is 6.30. The van der Waals surface area contributed by atoms with Gasteiger partial charge in [0.1, 0.15) is 12.2 Å². The van der Waals surface area contributed by atoms with Crippen molar-refractivity contribution < 1.29 is 14.3 Å². The zero-order valence-corrected chi connectivity index (χ0v) is 12.1. The molecule has 21 heavy (non-hydrogen) atoms. The largest absolute Gasteiger partial charge is 0.464 e. The third kappa shape index (κ3) is 3.76. The summed E-state index contributed by atoms with van der Waals surface area (Å²) in [4.78, 5) is 23.6. The van der Waals surface area contributed by atoms with Crippen LogP contribution in [0.3, 0.4) is 0 Å². The minimum absolute atomic E-state index is 0.0614. The smallest absolute Gasteiger partial charge is 0.354 e. The van der Waals surface area contributed by atoms with Crippen LogP contribution in [0.15, 0.2) is 36.5 Å². The molecule has 3 N–H and O–H groups in total. The van der Waals surface area contributed by atoms with Crippen LogP contribution >= 0.6 is 11.6 Å². The molecule has 1 aromatic carbocycles. The van der Waals surface area contributed by atoms with Gasteiger partial charge in [0.05, 0.1) is 12.8 Å². The monoisotopic (exact) mass is 307 g/mol. The predicted octanol–water partition coefficient (Wildman–Crippen LogP) is 2.15. The van der Waals surface area contributed by atoms with Crippen molar-refractivity contribution in [2.75, 3.05) is 18.2 Å². The van der Waals surface area contributed by atoms with Gasteiger partial charge in [-0.1, -0.05) is 17.7 Å². The summed E-state index contributed by atoms with van der Waals surface area (Å²) in [6.07, 6.45) is 1.50. The van der Waals surface area contributed by atoms with Gasteiger partial charge in [-0.05, 0) is 24.3 Å². The lowest BCUT2D eigenvalue weighted by molar-refractivity contribution is -0.116. The molecule has 0 radical (unpaired) electrons. The van der Waals surface area contributed by atoms with E-state index in [0.29, 0.717) is 16.4 Å². The first-order chi connectivity index (χ1) is 9.99. The first kappa shape index (κ1) is 14.9. The van der Waals surface area contributed by atoms with Crippen LogP contribution in [0.25, 0.3) is 0 Å². The highest BCUT2D eigenvalue weighted by atomic mass is 35.5. The Labute approximate surface area is 126 Å². The molecule has 1 amide bonds. The summed E-state index contributed by atoms with van der Waals surface area (Å²) in [7, 11) is 1.27. The van der Waals surface area contributed by atoms with Crippen molar-refractivity contribution in [1.29, 1.82) is 0 Å². The molecule has 2 aromatic rings. The molecule has 1 aromatic heterocycles. The van der Waals surface area contributed by atoms with Crippen molar-refractivity contribution in [3.8, 4) is 0 Å². The summed E-state index contributed by atoms with van der Waals surface area (Å²) in [5, 5.41) is 3.21. The van der Waals surface area contributed by atoms with Gasteiger partial charge in [0, 0.05) is 16.9 Å². The third-order valence-electron chi connectivity index (χ3n) is 2.73. The van der Waals surface area contributed by atoms with Crippen molar-refractivity contribution >= 4 is 34.9 Å². The predicted molar refractivity (Wildman–Crippen MR) is 80.3 cm³/mol. The van der Waals surface area contributed by atoms with Crippen LogP contribution in [-0.4, -0.2) is 23.6 Å². The zero-order chi connectivity index (χ0) is 15.4. The van der Waals surface area contributed by atoms with Gasteiger partial charge in [-0.2, -0.15) is 0 Å². The quantitative estimate of drug-likeness (QED) is 0.847. The topological polar surface area (TPSA) is 86.3 Å². The molecule has 0 atom stereocenters. The first-order valence-corrected chi connectivity index (χ1v) is 6.47. The molecule has 0 saturated carbocycles. The van der Waals surface area contributed by atoms with E-state index in [9.17, 15) is 9.59 Å². The van der Waals surface area contributed by atoms with Crippen molar-refractivity contribution in [3.63, 3.8) is 0 Å². The zero-order valence-electron chi connectivity index (χ0n) is 11.3. The molecular formula is C14H14ClN3O3. The molecule has 110 valence electrons. The van der Waals surface area contributed by atoms with E-state index in [2.05, 4.69) is 10.1 Å². The van der Waals surface area contributed by atoms with E-state index < -0.39 is 5.97 Å². The van der Waals surface area contributed by atoms with E-state index in [4.69, 9.17) is 17.3 Å². The Morgan fingerprint density at radius 2 is 2.14 bits per heavy atom. The number of methoxy groups -OCH3 is 1. The van der Waals surface area contributed by atoms with Crippen LogP contribution in [0.4, 0.5) is 11.4 Å². The van der Waals surface area contributed by atoms with E-state index in [1.54, 1.807) is 24.3 Å². The van der Waals surface area contributed by atoms with Gasteiger partial charge in [0.15, 0.2) is 0 Å². The number of benzene rings is 1. The Balaban J connectivity index is 2.11. The number of ether oxygens (including phenoxy) is 1. The fourth-order valence-corrected chi connectivity index (χ4v) is 2.05. The van der Waals surface area contributed by atoms with Crippen molar-refractivity contribution in [2.24, 2.45) is 0 Å². The number of hydrogen-bond donors (Lipinski definition) is 2. The second-order valence-corrected chi connectivity index (χ2v) is 4.77. The molecule has 0 aliphatic carbocycles. The number of carbonyl (C=O) groups excluding carboxylic acids is 2. The Kier molecular flexibility index (Phi) is 4.49. The standard InChI is InChI=1S/C14H14ClN3O3/c1-21-14(20)12-6-10(16)7-18(12)8-13(19)17-11-4-2-3-9(15)5-11/h2-7H,8,16H2,1H3,(H,17,19). The molecule has 0 aliphatic rings. The number of nitrogens with two attached hydrogens (primary N) is 1. The number of nitrogen functional groups attached to an aromatic ring is 1. The fraction of sp³-hybridized carbons (Fsp3) is 0.143. The maximum atomic E-state index is 12.0. The molecule has 0 aliphatic heterocycles. The SMILES string of the molecule is COC(=O)c1cc(N)cn1CC(=O)Nc1cccc(Cl)c1. The van der Waals surface area contributed by atoms with E-state index in [0.717, 1.165) is 0 Å². The number of amides is 1. The van der Waals surface area contributed by atoms with Crippen molar-refractivity contribution in [1.82, 2.24) is 4.57 Å². The second-order valence-electron chi connectivity index (χ2n) is 4.34. The fourth-order valence-electron chi connectivity index (χ4n) is 1.86. The molecule has 0 spiro atoms. The third-order valence-corrected chi connectivity index (χ3v) is 2.97. The lowest BCUT2D eigenvalue weighted by Crippen LogP contribution is -2.21. The summed E-state index contributed by atoms with van der Waals surface area (Å²) in [6, 6.07) is 8.24. The van der Waals surface area contributed by atoms with Crippen molar-refractivity contribution in [3.05, 3.63) is 47.2 Å². The minimum Gasteiger partial charge on any atom is -0.464 e. The number of esters is 1. The van der Waals surface area contributed by atoms with Gasteiger partial charge < -0.3 is 20.4 Å². The molecule has 2 rings (SSSR count). The summed E-state index contributed by atoms with van der Waals surface area (Å²) < 4.78 is 6.07. The van der Waals surface area contributed by atoms with Gasteiger partial charge >= 0.3 is 5.97 Å². The van der Waals surface area contributed by atoms with E-state index in [1.165, 1.54) is 23.9 Å². The number of carbonyl (C=O) groups is 2. The van der Waals surface area contributed by atoms with E-state index in [1.807, 2.05) is 0 Å². The number of nitrogens with one attached hydrogen (secondary N) is 1. The molecular weight excluding hydrogens is 294 g/mol. The van der Waals surface area contributed by atoms with Crippen LogP contribution in [0.2, 0.25) is 5.02 Å². The molecule has 0 unspecified atom stereocenters. The lowest BCUT2D eigenvalue weighted by Gasteiger charge is -2.09. The molecule has 7 heteroatoms. The molecule has 6 nitrogen and oxygen atoms in total. The Morgan fingerprint density at radius 3 is 2.81 bits per heavy atom. The number of nitrogens with zero attached hydrogens (tertiary/aromatic N) is 1. The van der Waals surface area contributed by atoms with Gasteiger partial charge in [0.2, 0.25) is 5.91 Å². The number of halogens is 1. The van der Waals surface area contributed by atoms with Gasteiger partial charge in [0.25, 0.3) is 0 Å². The maximum absolute atomic E-state index is 12.0. The van der Waals surface area contributed by atoms with Crippen LogP contribution in [0.1, 0.15) is 10.5 Å². The summed E-state index contributed by atoms with van der Waals surface area (Å²) in [6.45, 7) is -0.0614. The first-order valence-electron chi connectivity index (χ1n) is 6.09. The number of rotatable bonds is 4. The van der Waals surface area contributed by atoms with Crippen LogP contribution in [0, 0.1) is 0 Å². The van der Waals surface area contributed by atoms with Gasteiger partial charge in [-0.15, -0.1) is 0 Å². The Bertz CT molecular complexity index is 682. The maximum Gasteiger partial charge on any atom is 0.354 e. The summed E-state index contributed by atoms with van der Waals surface area (Å²) in [5.74, 6) is -0.861. The molecule has 0 bridgehead atoms. The van der Waals surface area contributed by atoms with Crippen LogP contribution in [-0.2, 0) is 16.1 Å². The highest BCUT2D eigenvalue weighted by Crippen LogP contribution is 2.16. The van der Waals surface area contributed by atoms with Gasteiger partial charge in [-0.25, -0.2) is 4.79 Å². The van der Waals surface area contributed by atoms with Gasteiger partial charge in [-0.3, -0.25) is 4.79 Å². The van der Waals surface area contributed by atoms with Crippen molar-refractivity contribution in [2.45, 2.75) is 6.54 Å². The van der Waals surface area contributed by atoms with E-state index >= 15 is 0 Å².